The minimum atomic E-state index is -0.0596. The van der Waals surface area contributed by atoms with Gasteiger partial charge in [0, 0.05) is 32.8 Å². The third kappa shape index (κ3) is 9.35. The molecule has 0 aliphatic heterocycles. The van der Waals surface area contributed by atoms with E-state index in [-0.39, 0.29) is 27.1 Å². The van der Waals surface area contributed by atoms with Crippen molar-refractivity contribution in [3.63, 3.8) is 0 Å². The lowest BCUT2D eigenvalue weighted by Gasteiger charge is -2.30. The smallest absolute Gasteiger partial charge is 0.0541 e. The fraction of sp³-hybridized carbons (Fsp3) is 0.256. The van der Waals surface area contributed by atoms with Crippen molar-refractivity contribution in [2.75, 3.05) is 4.90 Å². The first-order valence-corrected chi connectivity index (χ1v) is 29.0. The number of anilines is 3. The van der Waals surface area contributed by atoms with Crippen LogP contribution < -0.4 is 4.90 Å². The molecule has 2 nitrogen and oxygen atoms in total. The number of para-hydroxylation sites is 1. The number of nitrogens with zero attached hydrogens (tertiary/aromatic N) is 2. The van der Waals surface area contributed by atoms with Gasteiger partial charge in [0.05, 0.1) is 28.1 Å². The minimum Gasteiger partial charge on any atom is -0.309 e. The van der Waals surface area contributed by atoms with E-state index in [9.17, 15) is 0 Å². The molecule has 2 heteroatoms. The van der Waals surface area contributed by atoms with Gasteiger partial charge in [-0.3, -0.25) is 0 Å². The Balaban J connectivity index is 1.09. The van der Waals surface area contributed by atoms with Gasteiger partial charge in [-0.2, -0.15) is 0 Å². The number of aromatic nitrogens is 1. The highest BCUT2D eigenvalue weighted by molar-refractivity contribution is 6.27. The van der Waals surface area contributed by atoms with Gasteiger partial charge < -0.3 is 9.47 Å². The molecule has 0 bridgehead atoms. The van der Waals surface area contributed by atoms with Crippen LogP contribution in [0, 0.1) is 0 Å². The lowest BCUT2D eigenvalue weighted by atomic mass is 9.82. The summed E-state index contributed by atoms with van der Waals surface area (Å²) in [6.07, 6.45) is 0. The summed E-state index contributed by atoms with van der Waals surface area (Å²) in [5.74, 6) is 0. The Morgan fingerprint density at radius 2 is 0.762 bits per heavy atom. The predicted molar refractivity (Wildman–Crippen MR) is 349 cm³/mol. The summed E-state index contributed by atoms with van der Waals surface area (Å²) in [5.41, 5.74) is 21.0. The summed E-state index contributed by atoms with van der Waals surface area (Å²) in [4.78, 5) is 2.54. The first-order chi connectivity index (χ1) is 37.8. The van der Waals surface area contributed by atoms with Gasteiger partial charge in [0.1, 0.15) is 0 Å². The summed E-state index contributed by atoms with van der Waals surface area (Å²) in [5, 5.41) is 10.1. The molecule has 400 valence electrons. The molecule has 80 heavy (non-hydrogen) atoms. The third-order valence-electron chi connectivity index (χ3n) is 17.1. The molecule has 0 radical (unpaired) electrons. The van der Waals surface area contributed by atoms with Crippen LogP contribution in [0.4, 0.5) is 17.1 Å². The monoisotopic (exact) mass is 1040 g/mol. The maximum absolute atomic E-state index is 2.54. The second kappa shape index (κ2) is 18.8. The molecule has 1 heterocycles. The van der Waals surface area contributed by atoms with Crippen LogP contribution in [0.3, 0.4) is 0 Å². The average Bonchev–Trinajstić information content (AvgIpc) is 2.61. The van der Waals surface area contributed by atoms with Crippen molar-refractivity contribution in [2.24, 2.45) is 0 Å². The standard InChI is InChI=1S/C78H78N2/c1-74(2,3)56-31-23-49(24-32-56)54-43-55(45-60(44-54)78(13,14)15)53-19-18-20-61(46-53)79(67-22-17-16-21-62(67)50-25-33-57(34-26-50)75(4,5)6)68-39-29-51-28-38-64-69(40-30-52-27-37-63(68)72(51)73(52)64)80-70-41-35-58(76(7,8)9)47-65(70)66-48-59(77(10,11)12)36-42-71(66)80/h16-48H,1-15H3. The molecule has 12 aromatic rings. The largest absolute Gasteiger partial charge is 0.309 e. The Bertz CT molecular complexity index is 4260. The van der Waals surface area contributed by atoms with E-state index in [4.69, 9.17) is 0 Å². The molecule has 1 aromatic heterocycles. The molecular weight excluding hydrogens is 965 g/mol. The zero-order valence-corrected chi connectivity index (χ0v) is 49.9. The highest BCUT2D eigenvalue weighted by Gasteiger charge is 2.26. The number of rotatable bonds is 7. The fourth-order valence-electron chi connectivity index (χ4n) is 12.2. The molecule has 0 aliphatic rings. The number of hydrogen-bond acceptors (Lipinski definition) is 1. The minimum absolute atomic E-state index is 0.0157. The first-order valence-electron chi connectivity index (χ1n) is 29.0. The van der Waals surface area contributed by atoms with Crippen molar-refractivity contribution in [3.05, 3.63) is 228 Å². The van der Waals surface area contributed by atoms with Gasteiger partial charge in [-0.1, -0.05) is 243 Å². The van der Waals surface area contributed by atoms with Crippen molar-refractivity contribution in [1.29, 1.82) is 0 Å². The number of benzene rings is 11. The molecule has 0 N–H and O–H groups in total. The maximum Gasteiger partial charge on any atom is 0.0541 e. The van der Waals surface area contributed by atoms with Gasteiger partial charge >= 0.3 is 0 Å². The summed E-state index contributed by atoms with van der Waals surface area (Å²) in [6.45, 7) is 34.6. The van der Waals surface area contributed by atoms with E-state index in [1.165, 1.54) is 121 Å². The van der Waals surface area contributed by atoms with E-state index in [1.54, 1.807) is 0 Å². The van der Waals surface area contributed by atoms with Crippen LogP contribution in [0.25, 0.3) is 93.2 Å². The molecule has 0 atom stereocenters. The Morgan fingerprint density at radius 3 is 1.32 bits per heavy atom. The Kier molecular flexibility index (Phi) is 12.4. The van der Waals surface area contributed by atoms with Crippen LogP contribution in [-0.4, -0.2) is 4.57 Å². The molecule has 0 saturated heterocycles. The Hall–Kier alpha value is -7.94. The molecule has 0 amide bonds. The van der Waals surface area contributed by atoms with Crippen LogP contribution in [0.5, 0.6) is 0 Å². The van der Waals surface area contributed by atoms with Crippen molar-refractivity contribution < 1.29 is 0 Å². The summed E-state index contributed by atoms with van der Waals surface area (Å²) in [6, 6.07) is 77.2. The topological polar surface area (TPSA) is 8.17 Å². The normalized spacial score (nSPS) is 12.9. The van der Waals surface area contributed by atoms with Crippen LogP contribution >= 0.6 is 0 Å². The molecule has 0 saturated carbocycles. The molecular formula is C78H78N2. The quantitative estimate of drug-likeness (QED) is 0.144. The van der Waals surface area contributed by atoms with Gasteiger partial charge in [-0.15, -0.1) is 0 Å². The molecule has 0 aliphatic carbocycles. The van der Waals surface area contributed by atoms with Crippen molar-refractivity contribution >= 4 is 71.2 Å². The van der Waals surface area contributed by atoms with Gasteiger partial charge in [-0.25, -0.2) is 0 Å². The Labute approximate surface area is 476 Å². The number of hydrogen-bond donors (Lipinski definition) is 0. The van der Waals surface area contributed by atoms with Gasteiger partial charge in [0.25, 0.3) is 0 Å². The molecule has 0 fully saturated rings. The zero-order chi connectivity index (χ0) is 56.4. The third-order valence-corrected chi connectivity index (χ3v) is 17.1. The van der Waals surface area contributed by atoms with Crippen LogP contribution in [0.15, 0.2) is 200 Å². The van der Waals surface area contributed by atoms with Crippen LogP contribution in [-0.2, 0) is 27.1 Å². The first kappa shape index (κ1) is 52.7. The fourth-order valence-corrected chi connectivity index (χ4v) is 12.2. The van der Waals surface area contributed by atoms with E-state index >= 15 is 0 Å². The van der Waals surface area contributed by atoms with Crippen LogP contribution in [0.1, 0.15) is 132 Å². The van der Waals surface area contributed by atoms with Crippen LogP contribution in [0.2, 0.25) is 0 Å². The van der Waals surface area contributed by atoms with Crippen molar-refractivity contribution in [3.8, 4) is 39.1 Å². The van der Waals surface area contributed by atoms with E-state index in [1.807, 2.05) is 0 Å². The van der Waals surface area contributed by atoms with Crippen molar-refractivity contribution in [1.82, 2.24) is 4.57 Å². The van der Waals surface area contributed by atoms with Gasteiger partial charge in [0.15, 0.2) is 0 Å². The second-order valence-electron chi connectivity index (χ2n) is 28.0. The lowest BCUT2D eigenvalue weighted by Crippen LogP contribution is -2.13. The zero-order valence-electron chi connectivity index (χ0n) is 49.9. The Morgan fingerprint density at radius 1 is 0.287 bits per heavy atom. The highest BCUT2D eigenvalue weighted by atomic mass is 15.1. The summed E-state index contributed by atoms with van der Waals surface area (Å²) >= 11 is 0. The predicted octanol–water partition coefficient (Wildman–Crippen LogP) is 22.6. The summed E-state index contributed by atoms with van der Waals surface area (Å²) < 4.78 is 2.54. The molecule has 11 aromatic carbocycles. The maximum atomic E-state index is 2.54. The average molecular weight is 1040 g/mol. The number of fused-ring (bicyclic) bond motifs is 3. The highest BCUT2D eigenvalue weighted by Crippen LogP contribution is 2.49. The van der Waals surface area contributed by atoms with Gasteiger partial charge in [-0.05, 0) is 165 Å². The molecule has 0 unspecified atom stereocenters. The second-order valence-corrected chi connectivity index (χ2v) is 28.0. The SMILES string of the molecule is CC(C)(C)c1ccc(-c2cc(-c3cccc(N(c4ccccc4-c4ccc(C(C)(C)C)cc4)c4ccc5ccc6c(-n7c8ccc(C(C)(C)C)cc8c8cc(C(C)(C)C)ccc87)ccc7ccc4c5c76)c3)cc(C(C)(C)C)c2)cc1. The van der Waals surface area contributed by atoms with E-state index in [2.05, 4.69) is 314 Å². The van der Waals surface area contributed by atoms with Gasteiger partial charge in [0.2, 0.25) is 0 Å². The summed E-state index contributed by atoms with van der Waals surface area (Å²) in [7, 11) is 0. The molecule has 0 spiro atoms. The van der Waals surface area contributed by atoms with E-state index in [0.29, 0.717) is 0 Å². The van der Waals surface area contributed by atoms with E-state index in [0.717, 1.165) is 17.1 Å². The van der Waals surface area contributed by atoms with E-state index < -0.39 is 0 Å². The van der Waals surface area contributed by atoms with Crippen molar-refractivity contribution in [2.45, 2.75) is 131 Å². The molecule has 12 rings (SSSR count). The lowest BCUT2D eigenvalue weighted by molar-refractivity contribution is 0.590.